The highest BCUT2D eigenvalue weighted by molar-refractivity contribution is 6.25. The van der Waals surface area contributed by atoms with Crippen LogP contribution in [0.2, 0.25) is 0 Å². The lowest BCUT2D eigenvalue weighted by atomic mass is 9.91. The van der Waals surface area contributed by atoms with Crippen molar-refractivity contribution in [2.75, 3.05) is 0 Å². The van der Waals surface area contributed by atoms with Crippen LogP contribution < -0.4 is 0 Å². The van der Waals surface area contributed by atoms with Crippen LogP contribution in [-0.2, 0) is 0 Å². The minimum Gasteiger partial charge on any atom is -0.248 e. The number of rotatable bonds is 5. The maximum Gasteiger partial charge on any atom is 0.0972 e. The van der Waals surface area contributed by atoms with E-state index in [-0.39, 0.29) is 0 Å². The summed E-state index contributed by atoms with van der Waals surface area (Å²) in [5.74, 6) is 0. The quantitative estimate of drug-likeness (QED) is 0.169. The summed E-state index contributed by atoms with van der Waals surface area (Å²) in [6.45, 7) is 0. The zero-order chi connectivity index (χ0) is 35.6. The van der Waals surface area contributed by atoms with Crippen LogP contribution >= 0.6 is 0 Å². The van der Waals surface area contributed by atoms with Crippen molar-refractivity contribution in [3.05, 3.63) is 188 Å². The highest BCUT2D eigenvalue weighted by atomic mass is 14.8. The first-order valence-electron chi connectivity index (χ1n) is 18.3. The highest BCUT2D eigenvalue weighted by Gasteiger charge is 2.15. The number of fused-ring (bicyclic) bond motifs is 3. The average molecular weight is 686 g/mol. The van der Waals surface area contributed by atoms with Crippen LogP contribution in [0, 0.1) is 0 Å². The Hall–Kier alpha value is -7.23. The van der Waals surface area contributed by atoms with E-state index in [1.54, 1.807) is 0 Å². The molecule has 0 fully saturated rings. The molecule has 3 aromatic heterocycles. The summed E-state index contributed by atoms with van der Waals surface area (Å²) in [5.41, 5.74) is 12.1. The summed E-state index contributed by atoms with van der Waals surface area (Å²) in [5, 5.41) is 9.74. The molecule has 0 spiro atoms. The van der Waals surface area contributed by atoms with Crippen molar-refractivity contribution in [1.82, 2.24) is 15.0 Å². The smallest absolute Gasteiger partial charge is 0.0972 e. The number of hydrogen-bond acceptors (Lipinski definition) is 3. The molecule has 0 unspecified atom stereocenters. The Morgan fingerprint density at radius 2 is 0.759 bits per heavy atom. The Kier molecular flexibility index (Phi) is 6.86. The molecule has 0 aliphatic heterocycles. The van der Waals surface area contributed by atoms with Crippen LogP contribution in [0.25, 0.3) is 110 Å². The maximum absolute atomic E-state index is 5.36. The average Bonchev–Trinajstić information content (AvgIpc) is 3.25. The monoisotopic (exact) mass is 685 g/mol. The molecule has 0 radical (unpaired) electrons. The molecule has 3 nitrogen and oxygen atoms in total. The van der Waals surface area contributed by atoms with Gasteiger partial charge in [-0.25, -0.2) is 15.0 Å². The van der Waals surface area contributed by atoms with E-state index in [9.17, 15) is 0 Å². The summed E-state index contributed by atoms with van der Waals surface area (Å²) in [6.07, 6.45) is 0. The molecular weight excluding hydrogens is 655 g/mol. The molecule has 3 heterocycles. The molecule has 0 aliphatic rings. The number of nitrogens with zero attached hydrogens (tertiary/aromatic N) is 3. The Morgan fingerprint density at radius 1 is 0.259 bits per heavy atom. The predicted octanol–water partition coefficient (Wildman–Crippen LogP) is 13.4. The Balaban J connectivity index is 1.04. The second-order valence-corrected chi connectivity index (χ2v) is 14.0. The number of aromatic nitrogens is 3. The maximum atomic E-state index is 5.36. The second kappa shape index (κ2) is 12.2. The lowest BCUT2D eigenvalue weighted by molar-refractivity contribution is 1.32. The van der Waals surface area contributed by atoms with Gasteiger partial charge in [-0.05, 0) is 73.8 Å². The van der Waals surface area contributed by atoms with Crippen molar-refractivity contribution in [1.29, 1.82) is 0 Å². The van der Waals surface area contributed by atoms with E-state index in [0.717, 1.165) is 78.0 Å². The molecule has 11 rings (SSSR count). The van der Waals surface area contributed by atoms with Gasteiger partial charge in [0.1, 0.15) is 0 Å². The third kappa shape index (κ3) is 5.02. The fourth-order valence-corrected chi connectivity index (χ4v) is 8.11. The van der Waals surface area contributed by atoms with Crippen LogP contribution in [0.3, 0.4) is 0 Å². The van der Waals surface area contributed by atoms with E-state index in [1.165, 1.54) is 32.3 Å². The van der Waals surface area contributed by atoms with E-state index in [0.29, 0.717) is 0 Å². The SMILES string of the molecule is c1ccc(-c2cc(-c3cccc(-c4ccc5ccc6ccc(-c7ccc8ccc9cccc%10ccc7c8c9%10)nc6c5n4)c3)cc(-c3ccccc3)n2)cc1. The van der Waals surface area contributed by atoms with Gasteiger partial charge in [0.15, 0.2) is 0 Å². The third-order valence-corrected chi connectivity index (χ3v) is 10.8. The highest BCUT2D eigenvalue weighted by Crippen LogP contribution is 2.40. The first kappa shape index (κ1) is 30.4. The summed E-state index contributed by atoms with van der Waals surface area (Å²) >= 11 is 0. The van der Waals surface area contributed by atoms with E-state index in [1.807, 2.05) is 12.1 Å². The lowest BCUT2D eigenvalue weighted by Gasteiger charge is -2.14. The standard InChI is InChI=1S/C51H31N3/c1-3-9-32(10-4-1)46-30-41(31-47(52-46)33-11-5-2-6-12-33)39-15-8-16-40(29-39)44-27-23-37-19-20-38-24-28-45(54-51(38)50(37)53-44)42-25-21-36-18-17-34-13-7-14-35-22-26-43(42)49(36)48(34)35/h1-31H. The van der Waals surface area contributed by atoms with Gasteiger partial charge in [-0.1, -0.05) is 158 Å². The minimum absolute atomic E-state index is 0.900. The molecule has 54 heavy (non-hydrogen) atoms. The minimum atomic E-state index is 0.900. The lowest BCUT2D eigenvalue weighted by Crippen LogP contribution is -1.93. The predicted molar refractivity (Wildman–Crippen MR) is 226 cm³/mol. The fourth-order valence-electron chi connectivity index (χ4n) is 8.11. The van der Waals surface area contributed by atoms with Crippen LogP contribution in [0.1, 0.15) is 0 Å². The molecule has 8 aromatic carbocycles. The largest absolute Gasteiger partial charge is 0.248 e. The molecule has 0 aliphatic carbocycles. The topological polar surface area (TPSA) is 38.7 Å². The van der Waals surface area contributed by atoms with Crippen molar-refractivity contribution in [2.24, 2.45) is 0 Å². The Morgan fingerprint density at radius 3 is 1.44 bits per heavy atom. The van der Waals surface area contributed by atoms with E-state index >= 15 is 0 Å². The van der Waals surface area contributed by atoms with Gasteiger partial charge in [0.2, 0.25) is 0 Å². The Labute approximate surface area is 312 Å². The van der Waals surface area contributed by atoms with Crippen molar-refractivity contribution in [3.8, 4) is 56.2 Å². The molecular formula is C51H31N3. The summed E-state index contributed by atoms with van der Waals surface area (Å²) in [6, 6.07) is 66.7. The Bertz CT molecular complexity index is 3130. The van der Waals surface area contributed by atoms with Crippen molar-refractivity contribution < 1.29 is 0 Å². The van der Waals surface area contributed by atoms with Crippen molar-refractivity contribution >= 4 is 54.1 Å². The second-order valence-electron chi connectivity index (χ2n) is 14.0. The van der Waals surface area contributed by atoms with E-state index in [2.05, 4.69) is 176 Å². The molecule has 0 amide bonds. The van der Waals surface area contributed by atoms with Crippen LogP contribution in [0.5, 0.6) is 0 Å². The molecule has 11 aromatic rings. The summed E-state index contributed by atoms with van der Waals surface area (Å²) < 4.78 is 0. The van der Waals surface area contributed by atoms with Crippen LogP contribution in [-0.4, -0.2) is 15.0 Å². The van der Waals surface area contributed by atoms with Crippen LogP contribution in [0.15, 0.2) is 188 Å². The summed E-state index contributed by atoms with van der Waals surface area (Å²) in [7, 11) is 0. The van der Waals surface area contributed by atoms with Crippen LogP contribution in [0.4, 0.5) is 0 Å². The molecule has 0 saturated heterocycles. The van der Waals surface area contributed by atoms with Crippen molar-refractivity contribution in [2.45, 2.75) is 0 Å². The van der Waals surface area contributed by atoms with Gasteiger partial charge < -0.3 is 0 Å². The first-order chi connectivity index (χ1) is 26.7. The molecule has 0 bridgehead atoms. The van der Waals surface area contributed by atoms with Gasteiger partial charge in [0, 0.05) is 33.0 Å². The van der Waals surface area contributed by atoms with Gasteiger partial charge in [0.05, 0.1) is 33.8 Å². The van der Waals surface area contributed by atoms with Gasteiger partial charge in [-0.2, -0.15) is 0 Å². The zero-order valence-electron chi connectivity index (χ0n) is 29.2. The molecule has 250 valence electrons. The number of pyridine rings is 3. The zero-order valence-corrected chi connectivity index (χ0v) is 29.2. The van der Waals surface area contributed by atoms with Gasteiger partial charge >= 0.3 is 0 Å². The molecule has 0 saturated carbocycles. The number of hydrogen-bond donors (Lipinski definition) is 0. The normalized spacial score (nSPS) is 11.7. The number of benzene rings is 8. The van der Waals surface area contributed by atoms with Gasteiger partial charge in [0.25, 0.3) is 0 Å². The third-order valence-electron chi connectivity index (χ3n) is 10.8. The van der Waals surface area contributed by atoms with E-state index in [4.69, 9.17) is 15.0 Å². The summed E-state index contributed by atoms with van der Waals surface area (Å²) in [4.78, 5) is 15.8. The fraction of sp³-hybridized carbons (Fsp3) is 0. The first-order valence-corrected chi connectivity index (χ1v) is 18.3. The van der Waals surface area contributed by atoms with Crippen molar-refractivity contribution in [3.63, 3.8) is 0 Å². The van der Waals surface area contributed by atoms with Gasteiger partial charge in [-0.15, -0.1) is 0 Å². The molecule has 3 heteroatoms. The van der Waals surface area contributed by atoms with E-state index < -0.39 is 0 Å². The van der Waals surface area contributed by atoms with Gasteiger partial charge in [-0.3, -0.25) is 0 Å². The molecule has 0 N–H and O–H groups in total. The molecule has 0 atom stereocenters.